The van der Waals surface area contributed by atoms with Crippen LogP contribution in [0.15, 0.2) is 63.8 Å². The van der Waals surface area contributed by atoms with Crippen molar-refractivity contribution in [3.05, 3.63) is 74.3 Å². The number of aromatic nitrogens is 3. The first kappa shape index (κ1) is 16.0. The maximum absolute atomic E-state index is 13.2. The quantitative estimate of drug-likeness (QED) is 0.654. The molecule has 0 saturated carbocycles. The monoisotopic (exact) mass is 426 g/mol. The van der Waals surface area contributed by atoms with E-state index in [1.165, 1.54) is 11.2 Å². The van der Waals surface area contributed by atoms with Gasteiger partial charge in [-0.2, -0.15) is 10.1 Å². The molecule has 3 aromatic rings. The predicted molar refractivity (Wildman–Crippen MR) is 104 cm³/mol. The smallest absolute Gasteiger partial charge is 0.226 e. The number of nitrogens with zero attached hydrogens (tertiary/aromatic N) is 3. The van der Waals surface area contributed by atoms with Crippen molar-refractivity contribution in [2.24, 2.45) is 0 Å². The minimum atomic E-state index is -0.228. The fraction of sp³-hybridized carbons (Fsp3) is 0.211. The number of carbonyl (C=O) groups excluding carboxylic acids is 1. The van der Waals surface area contributed by atoms with Crippen molar-refractivity contribution in [2.45, 2.75) is 24.8 Å². The summed E-state index contributed by atoms with van der Waals surface area (Å²) < 4.78 is 2.82. The van der Waals surface area contributed by atoms with E-state index in [0.29, 0.717) is 12.4 Å². The lowest BCUT2D eigenvalue weighted by Gasteiger charge is -2.34. The standard InChI is InChI=1S/C19H15BrN4OS/c20-13-5-3-11(4-6-13)18-17-14(23-19-21-10-22-24(18)19)8-12(9-15(17)25)16-2-1-7-26-16/h1-7,10,12,18H,8-9H2,(H,21,22,23)/t12-,18-/m0/s1. The molecule has 2 atom stereocenters. The van der Waals surface area contributed by atoms with Crippen molar-refractivity contribution < 1.29 is 4.79 Å². The fourth-order valence-electron chi connectivity index (χ4n) is 3.83. The minimum Gasteiger partial charge on any atom is -0.328 e. The van der Waals surface area contributed by atoms with Gasteiger partial charge in [-0.1, -0.05) is 34.1 Å². The zero-order valence-corrected chi connectivity index (χ0v) is 16.1. The van der Waals surface area contributed by atoms with E-state index in [0.717, 1.165) is 27.7 Å². The second kappa shape index (κ2) is 6.17. The van der Waals surface area contributed by atoms with Crippen LogP contribution in [0, 0.1) is 0 Å². The third-order valence-electron chi connectivity index (χ3n) is 4.99. The van der Waals surface area contributed by atoms with Gasteiger partial charge in [-0.15, -0.1) is 11.3 Å². The molecule has 0 amide bonds. The Morgan fingerprint density at radius 2 is 2.04 bits per heavy atom. The molecular formula is C19H15BrN4OS. The highest BCUT2D eigenvalue weighted by molar-refractivity contribution is 9.10. The Hall–Kier alpha value is -2.25. The second-order valence-corrected chi connectivity index (χ2v) is 8.44. The molecule has 5 rings (SSSR count). The molecule has 0 spiro atoms. The first-order chi connectivity index (χ1) is 12.7. The van der Waals surface area contributed by atoms with Crippen molar-refractivity contribution in [3.8, 4) is 0 Å². The molecule has 1 aliphatic heterocycles. The Balaban J connectivity index is 1.62. The van der Waals surface area contributed by atoms with E-state index >= 15 is 0 Å². The van der Waals surface area contributed by atoms with Gasteiger partial charge < -0.3 is 5.32 Å². The zero-order valence-electron chi connectivity index (χ0n) is 13.7. The molecule has 130 valence electrons. The van der Waals surface area contributed by atoms with E-state index in [2.05, 4.69) is 42.8 Å². The van der Waals surface area contributed by atoms with E-state index in [9.17, 15) is 4.79 Å². The van der Waals surface area contributed by atoms with Gasteiger partial charge in [-0.3, -0.25) is 4.79 Å². The van der Waals surface area contributed by atoms with Crippen LogP contribution >= 0.6 is 27.3 Å². The van der Waals surface area contributed by atoms with Crippen LogP contribution in [-0.4, -0.2) is 20.5 Å². The Morgan fingerprint density at radius 3 is 2.81 bits per heavy atom. The molecule has 3 heterocycles. The molecule has 2 aromatic heterocycles. The summed E-state index contributed by atoms with van der Waals surface area (Å²) in [7, 11) is 0. The summed E-state index contributed by atoms with van der Waals surface area (Å²) in [4.78, 5) is 18.8. The third-order valence-corrected chi connectivity index (χ3v) is 6.56. The molecule has 1 N–H and O–H groups in total. The predicted octanol–water partition coefficient (Wildman–Crippen LogP) is 4.52. The summed E-state index contributed by atoms with van der Waals surface area (Å²) in [6.07, 6.45) is 2.90. The molecule has 1 aliphatic carbocycles. The Bertz CT molecular complexity index is 1010. The largest absolute Gasteiger partial charge is 0.328 e. The van der Waals surface area contributed by atoms with Crippen molar-refractivity contribution in [2.75, 3.05) is 5.32 Å². The van der Waals surface area contributed by atoms with Gasteiger partial charge in [0.05, 0.1) is 0 Å². The maximum Gasteiger partial charge on any atom is 0.226 e. The average molecular weight is 427 g/mol. The van der Waals surface area contributed by atoms with Crippen LogP contribution in [0.25, 0.3) is 0 Å². The summed E-state index contributed by atoms with van der Waals surface area (Å²) >= 11 is 5.20. The van der Waals surface area contributed by atoms with E-state index in [1.807, 2.05) is 35.0 Å². The Morgan fingerprint density at radius 1 is 1.19 bits per heavy atom. The summed E-state index contributed by atoms with van der Waals surface area (Å²) in [5.74, 6) is 1.11. The van der Waals surface area contributed by atoms with E-state index in [4.69, 9.17) is 0 Å². The SMILES string of the molecule is O=C1C[C@@H](c2cccs2)CC2=C1[C@H](c1ccc(Br)cc1)n1ncnc1N2. The van der Waals surface area contributed by atoms with Crippen LogP contribution in [0.2, 0.25) is 0 Å². The van der Waals surface area contributed by atoms with Crippen molar-refractivity contribution in [3.63, 3.8) is 0 Å². The highest BCUT2D eigenvalue weighted by Crippen LogP contribution is 2.44. The maximum atomic E-state index is 13.2. The van der Waals surface area contributed by atoms with Crippen molar-refractivity contribution >= 4 is 39.0 Å². The van der Waals surface area contributed by atoms with Gasteiger partial charge in [-0.25, -0.2) is 4.68 Å². The molecule has 26 heavy (non-hydrogen) atoms. The van der Waals surface area contributed by atoms with Crippen molar-refractivity contribution in [1.82, 2.24) is 14.8 Å². The number of hydrogen-bond donors (Lipinski definition) is 1. The normalized spacial score (nSPS) is 22.0. The molecule has 0 fully saturated rings. The van der Waals surface area contributed by atoms with E-state index < -0.39 is 0 Å². The first-order valence-electron chi connectivity index (χ1n) is 8.42. The topological polar surface area (TPSA) is 59.8 Å². The first-order valence-corrected chi connectivity index (χ1v) is 10.1. The number of thiophene rings is 1. The number of fused-ring (bicyclic) bond motifs is 1. The minimum absolute atomic E-state index is 0.186. The van der Waals surface area contributed by atoms with Gasteiger partial charge in [0.15, 0.2) is 5.78 Å². The molecule has 2 aliphatic rings. The highest BCUT2D eigenvalue weighted by Gasteiger charge is 2.39. The van der Waals surface area contributed by atoms with Crippen LogP contribution in [0.4, 0.5) is 5.95 Å². The molecule has 1 aromatic carbocycles. The van der Waals surface area contributed by atoms with Crippen molar-refractivity contribution in [1.29, 1.82) is 0 Å². The molecule has 5 nitrogen and oxygen atoms in total. The lowest BCUT2D eigenvalue weighted by molar-refractivity contribution is -0.116. The highest BCUT2D eigenvalue weighted by atomic mass is 79.9. The Kier molecular flexibility index (Phi) is 3.79. The third kappa shape index (κ3) is 2.54. The number of benzene rings is 1. The Labute approximate surface area is 162 Å². The summed E-state index contributed by atoms with van der Waals surface area (Å²) in [5, 5.41) is 9.80. The van der Waals surface area contributed by atoms with Gasteiger partial charge >= 0.3 is 0 Å². The van der Waals surface area contributed by atoms with Gasteiger partial charge in [-0.05, 0) is 35.6 Å². The number of Topliss-reactive ketones (excluding diaryl/α,β-unsaturated/α-hetero) is 1. The number of anilines is 1. The number of halogens is 1. The lowest BCUT2D eigenvalue weighted by Crippen LogP contribution is -2.33. The number of carbonyl (C=O) groups is 1. The molecule has 0 saturated heterocycles. The van der Waals surface area contributed by atoms with Crippen LogP contribution < -0.4 is 5.32 Å². The number of allylic oxidation sites excluding steroid dienone is 2. The molecule has 7 heteroatoms. The zero-order chi connectivity index (χ0) is 17.7. The van der Waals surface area contributed by atoms with Crippen LogP contribution in [-0.2, 0) is 4.79 Å². The number of rotatable bonds is 2. The number of ketones is 1. The molecule has 0 radical (unpaired) electrons. The van der Waals surface area contributed by atoms with Gasteiger partial charge in [0.2, 0.25) is 5.95 Å². The summed E-state index contributed by atoms with van der Waals surface area (Å²) in [6, 6.07) is 12.0. The molecule has 0 unspecified atom stereocenters. The van der Waals surface area contributed by atoms with E-state index in [1.54, 1.807) is 11.3 Å². The number of nitrogens with one attached hydrogen (secondary N) is 1. The molecular weight excluding hydrogens is 412 g/mol. The van der Waals surface area contributed by atoms with Crippen LogP contribution in [0.5, 0.6) is 0 Å². The van der Waals surface area contributed by atoms with Crippen LogP contribution in [0.3, 0.4) is 0 Å². The van der Waals surface area contributed by atoms with E-state index in [-0.39, 0.29) is 17.7 Å². The van der Waals surface area contributed by atoms with Gasteiger partial charge in [0.1, 0.15) is 12.4 Å². The molecule has 0 bridgehead atoms. The lowest BCUT2D eigenvalue weighted by atomic mass is 9.80. The van der Waals surface area contributed by atoms with Gasteiger partial charge in [0, 0.05) is 33.0 Å². The fourth-order valence-corrected chi connectivity index (χ4v) is 4.92. The second-order valence-electron chi connectivity index (χ2n) is 6.54. The summed E-state index contributed by atoms with van der Waals surface area (Å²) in [5.41, 5.74) is 2.84. The van der Waals surface area contributed by atoms with Crippen LogP contribution in [0.1, 0.15) is 35.2 Å². The van der Waals surface area contributed by atoms with Gasteiger partial charge in [0.25, 0.3) is 0 Å². The number of hydrogen-bond acceptors (Lipinski definition) is 5. The summed E-state index contributed by atoms with van der Waals surface area (Å²) in [6.45, 7) is 0. The average Bonchev–Trinajstić information content (AvgIpc) is 3.32.